The number of rotatable bonds is 18. The number of unbranched alkanes of at least 4 members (excludes halogenated alkanes) is 1. The molecule has 0 aliphatic carbocycles. The summed E-state index contributed by atoms with van der Waals surface area (Å²) in [5, 5.41) is 10.6. The molecule has 9 N–H and O–H groups in total. The Kier molecular flexibility index (Phi) is 14.2. The number of nitrogens with two attached hydrogens (primary N) is 2. The fraction of sp³-hybridized carbons (Fsp3) is 0.500. The van der Waals surface area contributed by atoms with Gasteiger partial charge in [-0.3, -0.25) is 24.0 Å². The minimum atomic E-state index is -1.04. The number of nitrogens with one attached hydrogen (secondary N) is 5. The van der Waals surface area contributed by atoms with Crippen LogP contribution in [0.4, 0.5) is 0 Å². The molecule has 0 fully saturated rings. The minimum absolute atomic E-state index is 0.0697. The van der Waals surface area contributed by atoms with Gasteiger partial charge in [0.1, 0.15) is 18.1 Å². The number of carbonyl (C=O) groups is 4. The molecule has 4 amide bonds. The van der Waals surface area contributed by atoms with Crippen LogP contribution in [0.1, 0.15) is 44.4 Å². The van der Waals surface area contributed by atoms with Crippen LogP contribution in [0.2, 0.25) is 0 Å². The lowest BCUT2D eigenvalue weighted by Crippen LogP contribution is -2.59. The Morgan fingerprint density at radius 1 is 0.902 bits per heavy atom. The van der Waals surface area contributed by atoms with E-state index in [0.29, 0.717) is 25.1 Å². The summed E-state index contributed by atoms with van der Waals surface area (Å²) in [6.45, 7) is 3.59. The molecule has 4 atom stereocenters. The molecule has 2 rings (SSSR count). The molecule has 0 saturated heterocycles. The second kappa shape index (κ2) is 17.6. The lowest BCUT2D eigenvalue weighted by atomic mass is 10.00. The van der Waals surface area contributed by atoms with E-state index in [4.69, 9.17) is 11.5 Å². The van der Waals surface area contributed by atoms with Crippen LogP contribution in [0, 0.1) is 5.92 Å². The second-order valence-corrected chi connectivity index (χ2v) is 10.0. The van der Waals surface area contributed by atoms with E-state index in [-0.39, 0.29) is 31.7 Å². The molecule has 13 heteroatoms. The molecule has 0 unspecified atom stereocenters. The molecule has 1 heterocycles. The molecule has 223 valence electrons. The van der Waals surface area contributed by atoms with Gasteiger partial charge in [0, 0.05) is 19.0 Å². The van der Waals surface area contributed by atoms with Gasteiger partial charge in [0.05, 0.1) is 24.6 Å². The van der Waals surface area contributed by atoms with Crippen LogP contribution in [0.5, 0.6) is 0 Å². The quantitative estimate of drug-likeness (QED) is 0.110. The number of hydrogen-bond donors (Lipinski definition) is 7. The van der Waals surface area contributed by atoms with Crippen LogP contribution in [-0.4, -0.2) is 77.1 Å². The average molecular weight is 570 g/mol. The van der Waals surface area contributed by atoms with E-state index in [9.17, 15) is 24.0 Å². The van der Waals surface area contributed by atoms with Gasteiger partial charge in [-0.1, -0.05) is 44.2 Å². The van der Waals surface area contributed by atoms with Crippen LogP contribution in [-0.2, 0) is 36.8 Å². The first-order valence-corrected chi connectivity index (χ1v) is 13.7. The topological polar surface area (TPSA) is 214 Å². The summed E-state index contributed by atoms with van der Waals surface area (Å²) >= 11 is 0. The van der Waals surface area contributed by atoms with Crippen molar-refractivity contribution in [1.82, 2.24) is 31.2 Å². The first-order chi connectivity index (χ1) is 19.7. The largest absolute Gasteiger partial charge is 0.351 e. The highest BCUT2D eigenvalue weighted by Gasteiger charge is 2.31. The molecule has 0 bridgehead atoms. The molecule has 41 heavy (non-hydrogen) atoms. The zero-order chi connectivity index (χ0) is 30.2. The van der Waals surface area contributed by atoms with Crippen LogP contribution >= 0.6 is 0 Å². The Hall–Kier alpha value is -4.10. The van der Waals surface area contributed by atoms with Crippen molar-refractivity contribution >= 4 is 29.9 Å². The van der Waals surface area contributed by atoms with E-state index in [2.05, 4.69) is 31.2 Å². The number of H-pyrrole nitrogens is 1. The highest BCUT2D eigenvalue weighted by Crippen LogP contribution is 2.09. The van der Waals surface area contributed by atoms with Gasteiger partial charge in [-0.2, -0.15) is 0 Å². The number of aromatic amines is 1. The maximum Gasteiger partial charge on any atom is 0.243 e. The lowest BCUT2D eigenvalue weighted by molar-refractivity contribution is -0.134. The second-order valence-electron chi connectivity index (χ2n) is 10.0. The first kappa shape index (κ1) is 33.1. The lowest BCUT2D eigenvalue weighted by Gasteiger charge is -2.27. The highest BCUT2D eigenvalue weighted by atomic mass is 16.2. The summed E-state index contributed by atoms with van der Waals surface area (Å²) in [5.74, 6) is -2.61. The molecular weight excluding hydrogens is 528 g/mol. The maximum atomic E-state index is 13.4. The molecule has 1 radical (unpaired) electrons. The van der Waals surface area contributed by atoms with Gasteiger partial charge in [0.2, 0.25) is 29.9 Å². The molecule has 0 saturated carbocycles. The molecule has 1 aromatic carbocycles. The summed E-state index contributed by atoms with van der Waals surface area (Å²) in [6, 6.07) is 5.23. The summed E-state index contributed by atoms with van der Waals surface area (Å²) in [7, 11) is 0. The van der Waals surface area contributed by atoms with Crippen LogP contribution in [0.25, 0.3) is 0 Å². The Balaban J connectivity index is 2.15. The van der Waals surface area contributed by atoms with Gasteiger partial charge >= 0.3 is 0 Å². The number of imidazole rings is 1. The third-order valence-corrected chi connectivity index (χ3v) is 6.37. The highest BCUT2D eigenvalue weighted by molar-refractivity contribution is 5.95. The molecule has 2 aromatic rings. The number of hydrogen-bond acceptors (Lipinski definition) is 8. The van der Waals surface area contributed by atoms with Crippen molar-refractivity contribution in [2.24, 2.45) is 17.4 Å². The number of carbonyl (C=O) groups excluding carboxylic acids is 5. The van der Waals surface area contributed by atoms with Gasteiger partial charge in [0.15, 0.2) is 0 Å². The Bertz CT molecular complexity index is 1110. The SMILES string of the molecule is CC(C)[C@H](NC(=O)[C@H](CCCCN)NC(=O)[C@H](Cc1c[nH]cn1)NC(=O)CN)C(=O)N[C@H]([C]=O)Cc1ccccc1. The normalized spacial score (nSPS) is 13.9. The molecule has 1 aromatic heterocycles. The van der Waals surface area contributed by atoms with Gasteiger partial charge in [-0.05, 0) is 37.3 Å². The van der Waals surface area contributed by atoms with E-state index >= 15 is 0 Å². The van der Waals surface area contributed by atoms with Crippen LogP contribution < -0.4 is 32.7 Å². The molecule has 13 nitrogen and oxygen atoms in total. The Morgan fingerprint density at radius 2 is 1.61 bits per heavy atom. The standard InChI is InChI=1S/C28H41N8O5/c1-18(2)25(28(41)33-21(16-37)12-19-8-4-3-5-9-19)36-26(39)22(10-6-7-11-29)35-27(40)23(34-24(38)14-30)13-20-15-31-17-32-20/h3-5,8-9,15,17-18,21-23,25H,6-7,10-14,29-30H2,1-2H3,(H,31,32)(H,33,41)(H,34,38)(H,35,40)(H,36,39)/t21-,22-,23-,25-/m0/s1. The fourth-order valence-corrected chi connectivity index (χ4v) is 4.13. The van der Waals surface area contributed by atoms with Crippen LogP contribution in [0.3, 0.4) is 0 Å². The van der Waals surface area contributed by atoms with Crippen molar-refractivity contribution < 1.29 is 24.0 Å². The molecular formula is C28H41N8O5. The summed E-state index contributed by atoms with van der Waals surface area (Å²) in [4.78, 5) is 70.3. The smallest absolute Gasteiger partial charge is 0.243 e. The number of amides is 4. The number of nitrogens with zero attached hydrogens (tertiary/aromatic N) is 1. The molecule has 0 aliphatic rings. The Labute approximate surface area is 240 Å². The van der Waals surface area contributed by atoms with Crippen molar-refractivity contribution in [3.63, 3.8) is 0 Å². The minimum Gasteiger partial charge on any atom is -0.351 e. The van der Waals surface area contributed by atoms with Gasteiger partial charge in [-0.15, -0.1) is 0 Å². The van der Waals surface area contributed by atoms with E-state index in [1.165, 1.54) is 6.33 Å². The van der Waals surface area contributed by atoms with Gasteiger partial charge in [0.25, 0.3) is 0 Å². The third kappa shape index (κ3) is 11.5. The van der Waals surface area contributed by atoms with Gasteiger partial charge < -0.3 is 37.7 Å². The monoisotopic (exact) mass is 569 g/mol. The fourth-order valence-electron chi connectivity index (χ4n) is 4.13. The molecule has 0 aliphatic heterocycles. The summed E-state index contributed by atoms with van der Waals surface area (Å²) < 4.78 is 0. The predicted octanol–water partition coefficient (Wildman–Crippen LogP) is -1.01. The van der Waals surface area contributed by atoms with Crippen molar-refractivity contribution in [3.8, 4) is 0 Å². The van der Waals surface area contributed by atoms with E-state index < -0.39 is 47.8 Å². The first-order valence-electron chi connectivity index (χ1n) is 13.7. The van der Waals surface area contributed by atoms with Crippen LogP contribution in [0.15, 0.2) is 42.9 Å². The van der Waals surface area contributed by atoms with Crippen molar-refractivity contribution in [1.29, 1.82) is 0 Å². The average Bonchev–Trinajstić information content (AvgIpc) is 3.47. The summed E-state index contributed by atoms with van der Waals surface area (Å²) in [5.41, 5.74) is 12.4. The van der Waals surface area contributed by atoms with Crippen molar-refractivity contribution in [2.75, 3.05) is 13.1 Å². The Morgan fingerprint density at radius 3 is 2.20 bits per heavy atom. The van der Waals surface area contributed by atoms with E-state index in [1.54, 1.807) is 20.0 Å². The third-order valence-electron chi connectivity index (χ3n) is 6.37. The summed E-state index contributed by atoms with van der Waals surface area (Å²) in [6.07, 6.45) is 6.60. The molecule has 0 spiro atoms. The zero-order valence-electron chi connectivity index (χ0n) is 23.5. The van der Waals surface area contributed by atoms with E-state index in [0.717, 1.165) is 5.56 Å². The van der Waals surface area contributed by atoms with Crippen molar-refractivity contribution in [2.45, 2.75) is 70.1 Å². The predicted molar refractivity (Wildman–Crippen MR) is 153 cm³/mol. The van der Waals surface area contributed by atoms with Crippen molar-refractivity contribution in [3.05, 3.63) is 54.1 Å². The zero-order valence-corrected chi connectivity index (χ0v) is 23.5. The van der Waals surface area contributed by atoms with E-state index in [1.807, 2.05) is 36.6 Å². The number of aromatic nitrogens is 2. The van der Waals surface area contributed by atoms with Gasteiger partial charge in [-0.25, -0.2) is 4.98 Å². The maximum absolute atomic E-state index is 13.4. The number of benzene rings is 1.